The Hall–Kier alpha value is -2.14. The average Bonchev–Trinajstić information content (AvgIpc) is 3.09. The Morgan fingerprint density at radius 3 is 2.77 bits per heavy atom. The van der Waals surface area contributed by atoms with Gasteiger partial charge in [-0.1, -0.05) is 30.3 Å². The summed E-state index contributed by atoms with van der Waals surface area (Å²) in [7, 11) is 0. The molecule has 0 bridgehead atoms. The van der Waals surface area contributed by atoms with E-state index in [0.717, 1.165) is 18.4 Å². The highest BCUT2D eigenvalue weighted by molar-refractivity contribution is 5.79. The fourth-order valence-electron chi connectivity index (χ4n) is 2.77. The van der Waals surface area contributed by atoms with Gasteiger partial charge in [0.1, 0.15) is 0 Å². The number of hydrogen-bond donors (Lipinski definition) is 1. The first-order chi connectivity index (χ1) is 10.8. The van der Waals surface area contributed by atoms with Gasteiger partial charge < -0.3 is 14.6 Å². The maximum atomic E-state index is 12.5. The van der Waals surface area contributed by atoms with Gasteiger partial charge in [-0.2, -0.15) is 0 Å². The second-order valence-electron chi connectivity index (χ2n) is 5.62. The number of carbonyl (C=O) groups is 1. The van der Waals surface area contributed by atoms with E-state index in [4.69, 9.17) is 4.74 Å². The van der Waals surface area contributed by atoms with Crippen LogP contribution >= 0.6 is 0 Å². The van der Waals surface area contributed by atoms with E-state index >= 15 is 0 Å². The molecule has 1 saturated heterocycles. The van der Waals surface area contributed by atoms with Crippen LogP contribution < -0.4 is 5.32 Å². The molecule has 116 valence electrons. The molecule has 1 atom stereocenters. The van der Waals surface area contributed by atoms with Crippen molar-refractivity contribution < 1.29 is 9.53 Å². The number of imidazole rings is 1. The Kier molecular flexibility index (Phi) is 4.85. The summed E-state index contributed by atoms with van der Waals surface area (Å²) in [5.41, 5.74) is 1.11. The van der Waals surface area contributed by atoms with Gasteiger partial charge in [-0.25, -0.2) is 4.98 Å². The van der Waals surface area contributed by atoms with Crippen LogP contribution in [-0.4, -0.2) is 28.7 Å². The average molecular weight is 299 g/mol. The maximum absolute atomic E-state index is 12.5. The highest BCUT2D eigenvalue weighted by atomic mass is 16.5. The number of ether oxygens (including phenoxy) is 1. The molecule has 0 spiro atoms. The van der Waals surface area contributed by atoms with Gasteiger partial charge in [0.2, 0.25) is 5.91 Å². The molecule has 2 heterocycles. The number of nitrogens with zero attached hydrogens (tertiary/aromatic N) is 2. The van der Waals surface area contributed by atoms with Crippen molar-refractivity contribution in [2.75, 3.05) is 13.2 Å². The summed E-state index contributed by atoms with van der Waals surface area (Å²) in [5.74, 6) is 0.181. The van der Waals surface area contributed by atoms with Crippen molar-refractivity contribution in [1.82, 2.24) is 14.9 Å². The van der Waals surface area contributed by atoms with Crippen molar-refractivity contribution in [3.8, 4) is 0 Å². The van der Waals surface area contributed by atoms with Gasteiger partial charge in [0, 0.05) is 38.1 Å². The highest BCUT2D eigenvalue weighted by Gasteiger charge is 2.24. The minimum absolute atomic E-state index is 0.0502. The fraction of sp³-hybridized carbons (Fsp3) is 0.412. The molecule has 5 heteroatoms. The topological polar surface area (TPSA) is 56.2 Å². The number of rotatable bonds is 5. The molecule has 22 heavy (non-hydrogen) atoms. The molecule has 1 aromatic heterocycles. The molecule has 1 fully saturated rings. The van der Waals surface area contributed by atoms with Gasteiger partial charge in [-0.15, -0.1) is 0 Å². The third-order valence-corrected chi connectivity index (χ3v) is 4.06. The number of carbonyl (C=O) groups excluding carboxylic acids is 1. The summed E-state index contributed by atoms with van der Waals surface area (Å²) in [6.45, 7) is 2.03. The molecule has 0 saturated carbocycles. The van der Waals surface area contributed by atoms with Crippen LogP contribution in [0.15, 0.2) is 49.1 Å². The summed E-state index contributed by atoms with van der Waals surface area (Å²) >= 11 is 0. The van der Waals surface area contributed by atoms with Gasteiger partial charge >= 0.3 is 0 Å². The predicted octanol–water partition coefficient (Wildman–Crippen LogP) is 2.17. The van der Waals surface area contributed by atoms with Gasteiger partial charge in [-0.3, -0.25) is 4.79 Å². The van der Waals surface area contributed by atoms with E-state index in [1.807, 2.05) is 41.1 Å². The molecule has 1 N–H and O–H groups in total. The first kappa shape index (κ1) is 14.8. The number of aromatic nitrogens is 2. The lowest BCUT2D eigenvalue weighted by molar-refractivity contribution is -0.128. The zero-order valence-corrected chi connectivity index (χ0v) is 12.5. The highest BCUT2D eigenvalue weighted by Crippen LogP contribution is 2.19. The Labute approximate surface area is 130 Å². The van der Waals surface area contributed by atoms with E-state index in [1.165, 1.54) is 0 Å². The SMILES string of the molecule is O=C(N[C@@H](Cn1ccnc1)c1ccccc1)C1CCOCC1. The van der Waals surface area contributed by atoms with E-state index in [0.29, 0.717) is 19.8 Å². The summed E-state index contributed by atoms with van der Waals surface area (Å²) in [4.78, 5) is 16.6. The Morgan fingerprint density at radius 1 is 1.32 bits per heavy atom. The van der Waals surface area contributed by atoms with Crippen LogP contribution in [0.4, 0.5) is 0 Å². The van der Waals surface area contributed by atoms with Crippen molar-refractivity contribution in [2.24, 2.45) is 5.92 Å². The maximum Gasteiger partial charge on any atom is 0.223 e. The van der Waals surface area contributed by atoms with Crippen LogP contribution in [0.25, 0.3) is 0 Å². The lowest BCUT2D eigenvalue weighted by Crippen LogP contribution is -2.38. The Bertz CT molecular complexity index is 577. The molecule has 3 rings (SSSR count). The van der Waals surface area contributed by atoms with Crippen LogP contribution in [-0.2, 0) is 16.1 Å². The van der Waals surface area contributed by atoms with Crippen LogP contribution in [0.1, 0.15) is 24.4 Å². The largest absolute Gasteiger partial charge is 0.381 e. The summed E-state index contributed by atoms with van der Waals surface area (Å²) < 4.78 is 7.32. The second-order valence-corrected chi connectivity index (χ2v) is 5.62. The molecular weight excluding hydrogens is 278 g/mol. The molecule has 1 aromatic carbocycles. The fourth-order valence-corrected chi connectivity index (χ4v) is 2.77. The number of nitrogens with one attached hydrogen (secondary N) is 1. The van der Waals surface area contributed by atoms with Gasteiger partial charge in [0.15, 0.2) is 0 Å². The normalized spacial score (nSPS) is 17.1. The lowest BCUT2D eigenvalue weighted by Gasteiger charge is -2.25. The number of benzene rings is 1. The van der Waals surface area contributed by atoms with Gasteiger partial charge in [0.05, 0.1) is 12.4 Å². The molecular formula is C17H21N3O2. The molecule has 1 aliphatic heterocycles. The molecule has 5 nitrogen and oxygen atoms in total. The molecule has 0 unspecified atom stereocenters. The van der Waals surface area contributed by atoms with Crippen molar-refractivity contribution in [3.05, 3.63) is 54.6 Å². The monoisotopic (exact) mass is 299 g/mol. The van der Waals surface area contributed by atoms with Crippen molar-refractivity contribution in [1.29, 1.82) is 0 Å². The van der Waals surface area contributed by atoms with Crippen LogP contribution in [0, 0.1) is 5.92 Å². The van der Waals surface area contributed by atoms with Crippen LogP contribution in [0.2, 0.25) is 0 Å². The lowest BCUT2D eigenvalue weighted by atomic mass is 9.98. The smallest absolute Gasteiger partial charge is 0.223 e. The second kappa shape index (κ2) is 7.22. The minimum Gasteiger partial charge on any atom is -0.381 e. The third kappa shape index (κ3) is 3.74. The standard InChI is InChI=1S/C17H21N3O2/c21-17(15-6-10-22-11-7-15)19-16(12-20-9-8-18-13-20)14-4-2-1-3-5-14/h1-5,8-9,13,15-16H,6-7,10-12H2,(H,19,21)/t16-/m0/s1. The zero-order chi connectivity index (χ0) is 15.2. The van der Waals surface area contributed by atoms with Crippen LogP contribution in [0.3, 0.4) is 0 Å². The summed E-state index contributed by atoms with van der Waals surface area (Å²) in [5, 5.41) is 3.20. The van der Waals surface area contributed by atoms with E-state index in [1.54, 1.807) is 12.5 Å². The van der Waals surface area contributed by atoms with Gasteiger partial charge in [0.25, 0.3) is 0 Å². The quantitative estimate of drug-likeness (QED) is 0.920. The molecule has 0 aliphatic carbocycles. The molecule has 0 radical (unpaired) electrons. The number of hydrogen-bond acceptors (Lipinski definition) is 3. The Balaban J connectivity index is 1.71. The third-order valence-electron chi connectivity index (χ3n) is 4.06. The minimum atomic E-state index is -0.0502. The van der Waals surface area contributed by atoms with E-state index in [9.17, 15) is 4.79 Å². The van der Waals surface area contributed by atoms with Gasteiger partial charge in [-0.05, 0) is 18.4 Å². The molecule has 1 aliphatic rings. The van der Waals surface area contributed by atoms with Crippen LogP contribution in [0.5, 0.6) is 0 Å². The number of amides is 1. The van der Waals surface area contributed by atoms with Crippen molar-refractivity contribution in [3.63, 3.8) is 0 Å². The van der Waals surface area contributed by atoms with E-state index in [-0.39, 0.29) is 17.9 Å². The zero-order valence-electron chi connectivity index (χ0n) is 12.5. The van der Waals surface area contributed by atoms with E-state index < -0.39 is 0 Å². The summed E-state index contributed by atoms with van der Waals surface area (Å²) in [6, 6.07) is 10.0. The first-order valence-electron chi connectivity index (χ1n) is 7.72. The van der Waals surface area contributed by atoms with Crippen molar-refractivity contribution >= 4 is 5.91 Å². The van der Waals surface area contributed by atoms with Crippen molar-refractivity contribution in [2.45, 2.75) is 25.4 Å². The first-order valence-corrected chi connectivity index (χ1v) is 7.72. The van der Waals surface area contributed by atoms with E-state index in [2.05, 4.69) is 10.3 Å². The molecule has 1 amide bonds. The predicted molar refractivity (Wildman–Crippen MR) is 83.1 cm³/mol. The molecule has 2 aromatic rings. The summed E-state index contributed by atoms with van der Waals surface area (Å²) in [6.07, 6.45) is 7.05. The Morgan fingerprint density at radius 2 is 2.09 bits per heavy atom.